The molecule has 2 heterocycles. The summed E-state index contributed by atoms with van der Waals surface area (Å²) in [5.74, 6) is 0.437. The molecule has 0 aliphatic carbocycles. The largest absolute Gasteiger partial charge is 0.346 e. The maximum Gasteiger partial charge on any atom is 0.270 e. The van der Waals surface area contributed by atoms with Crippen molar-refractivity contribution in [3.63, 3.8) is 0 Å². The highest BCUT2D eigenvalue weighted by molar-refractivity contribution is 5.99. The highest BCUT2D eigenvalue weighted by Crippen LogP contribution is 2.32. The number of nitrogens with two attached hydrogens (primary N) is 1. The third-order valence-electron chi connectivity index (χ3n) is 4.89. The van der Waals surface area contributed by atoms with Gasteiger partial charge in [0.1, 0.15) is 5.69 Å². The molecule has 2 atom stereocenters. The van der Waals surface area contributed by atoms with Crippen LogP contribution < -0.4 is 5.73 Å². The minimum Gasteiger partial charge on any atom is -0.346 e. The molecule has 134 valence electrons. The van der Waals surface area contributed by atoms with E-state index in [1.165, 1.54) is 12.5 Å². The molecule has 0 spiro atoms. The molecule has 25 heavy (non-hydrogen) atoms. The Balaban J connectivity index is 0.00000225. The molecule has 1 aromatic heterocycles. The quantitative estimate of drug-likeness (QED) is 0.850. The zero-order valence-corrected chi connectivity index (χ0v) is 15.3. The second-order valence-corrected chi connectivity index (χ2v) is 6.50. The number of aryl methyl sites for hydroxylation is 1. The van der Waals surface area contributed by atoms with Crippen molar-refractivity contribution >= 4 is 24.1 Å². The van der Waals surface area contributed by atoms with Crippen molar-refractivity contribution < 1.29 is 9.59 Å². The van der Waals surface area contributed by atoms with E-state index in [0.717, 1.165) is 0 Å². The van der Waals surface area contributed by atoms with E-state index in [1.54, 1.807) is 23.9 Å². The molecule has 2 N–H and O–H groups in total. The SMILES string of the molecule is CC(=O)c1cc(C(=O)N2C[C@@H](CN)[C@H](c3ccccc3)C2)n(C)c1.Cl. The van der Waals surface area contributed by atoms with Crippen LogP contribution >= 0.6 is 12.4 Å². The van der Waals surface area contributed by atoms with E-state index < -0.39 is 0 Å². The van der Waals surface area contributed by atoms with E-state index in [2.05, 4.69) is 12.1 Å². The first-order valence-corrected chi connectivity index (χ1v) is 8.23. The predicted octanol–water partition coefficient (Wildman–Crippen LogP) is 2.46. The van der Waals surface area contributed by atoms with E-state index in [0.29, 0.717) is 30.9 Å². The van der Waals surface area contributed by atoms with E-state index in [9.17, 15) is 9.59 Å². The molecule has 0 unspecified atom stereocenters. The van der Waals surface area contributed by atoms with Crippen LogP contribution in [0.15, 0.2) is 42.6 Å². The number of hydrogen-bond acceptors (Lipinski definition) is 3. The van der Waals surface area contributed by atoms with Crippen molar-refractivity contribution in [2.75, 3.05) is 19.6 Å². The topological polar surface area (TPSA) is 68.3 Å². The molecule has 6 heteroatoms. The van der Waals surface area contributed by atoms with Gasteiger partial charge in [0.2, 0.25) is 0 Å². The summed E-state index contributed by atoms with van der Waals surface area (Å²) >= 11 is 0. The van der Waals surface area contributed by atoms with Crippen LogP contribution in [0.4, 0.5) is 0 Å². The molecule has 0 bridgehead atoms. The molecule has 1 aromatic carbocycles. The number of rotatable bonds is 4. The van der Waals surface area contributed by atoms with Gasteiger partial charge in [0.25, 0.3) is 5.91 Å². The van der Waals surface area contributed by atoms with Crippen LogP contribution in [0.3, 0.4) is 0 Å². The number of amides is 1. The number of aromatic nitrogens is 1. The summed E-state index contributed by atoms with van der Waals surface area (Å²) in [7, 11) is 1.80. The van der Waals surface area contributed by atoms with Gasteiger partial charge in [-0.05, 0) is 31.0 Å². The Kier molecular flexibility index (Phi) is 6.03. The van der Waals surface area contributed by atoms with Gasteiger partial charge in [-0.25, -0.2) is 0 Å². The minimum absolute atomic E-state index is 0. The van der Waals surface area contributed by atoms with Gasteiger partial charge in [0, 0.05) is 37.8 Å². The number of halogens is 1. The number of hydrogen-bond donors (Lipinski definition) is 1. The van der Waals surface area contributed by atoms with Gasteiger partial charge in [-0.3, -0.25) is 9.59 Å². The molecule has 1 amide bonds. The van der Waals surface area contributed by atoms with E-state index in [-0.39, 0.29) is 35.9 Å². The lowest BCUT2D eigenvalue weighted by molar-refractivity contribution is 0.0777. The monoisotopic (exact) mass is 361 g/mol. The lowest BCUT2D eigenvalue weighted by atomic mass is 9.89. The first kappa shape index (κ1) is 19.2. The van der Waals surface area contributed by atoms with Crippen LogP contribution in [-0.4, -0.2) is 40.8 Å². The van der Waals surface area contributed by atoms with Crippen LogP contribution in [0, 0.1) is 5.92 Å². The number of carbonyl (C=O) groups is 2. The van der Waals surface area contributed by atoms with Crippen LogP contribution in [0.5, 0.6) is 0 Å². The highest BCUT2D eigenvalue weighted by Gasteiger charge is 2.36. The van der Waals surface area contributed by atoms with E-state index in [1.807, 2.05) is 23.1 Å². The van der Waals surface area contributed by atoms with Gasteiger partial charge >= 0.3 is 0 Å². The second-order valence-electron chi connectivity index (χ2n) is 6.50. The van der Waals surface area contributed by atoms with Crippen molar-refractivity contribution in [3.05, 3.63) is 59.4 Å². The molecular formula is C19H24ClN3O2. The zero-order chi connectivity index (χ0) is 17.3. The number of carbonyl (C=O) groups excluding carboxylic acids is 2. The van der Waals surface area contributed by atoms with Crippen molar-refractivity contribution in [2.24, 2.45) is 18.7 Å². The molecule has 0 radical (unpaired) electrons. The van der Waals surface area contributed by atoms with Crippen molar-refractivity contribution in [2.45, 2.75) is 12.8 Å². The Bertz CT molecular complexity index is 757. The highest BCUT2D eigenvalue weighted by atomic mass is 35.5. The minimum atomic E-state index is -0.0399. The average Bonchev–Trinajstić information content (AvgIpc) is 3.19. The van der Waals surface area contributed by atoms with Crippen molar-refractivity contribution in [1.29, 1.82) is 0 Å². The molecule has 3 rings (SSSR count). The standard InChI is InChI=1S/C19H23N3O2.ClH/c1-13(23)15-8-18(21(2)10-15)19(24)22-11-16(9-20)17(12-22)14-6-4-3-5-7-14;/h3-8,10,16-17H,9,11-12,20H2,1-2H3;1H/t16-,17+;/m1./s1. The Labute approximate surface area is 154 Å². The number of likely N-dealkylation sites (tertiary alicyclic amines) is 1. The zero-order valence-electron chi connectivity index (χ0n) is 14.5. The molecule has 2 aromatic rings. The summed E-state index contributed by atoms with van der Waals surface area (Å²) in [5.41, 5.74) is 8.28. The maximum atomic E-state index is 12.9. The maximum absolute atomic E-state index is 12.9. The molecule has 0 saturated carbocycles. The summed E-state index contributed by atoms with van der Waals surface area (Å²) in [6.45, 7) is 3.37. The van der Waals surface area contributed by atoms with Gasteiger partial charge in [0.15, 0.2) is 5.78 Å². The second kappa shape index (κ2) is 7.85. The summed E-state index contributed by atoms with van der Waals surface area (Å²) < 4.78 is 1.73. The first-order valence-electron chi connectivity index (χ1n) is 8.23. The van der Waals surface area contributed by atoms with Crippen LogP contribution in [0.2, 0.25) is 0 Å². The average molecular weight is 362 g/mol. The summed E-state index contributed by atoms with van der Waals surface area (Å²) in [6.07, 6.45) is 1.71. The lowest BCUT2D eigenvalue weighted by Gasteiger charge is -2.17. The van der Waals surface area contributed by atoms with Gasteiger partial charge in [0.05, 0.1) is 0 Å². The van der Waals surface area contributed by atoms with Gasteiger partial charge in [-0.2, -0.15) is 0 Å². The number of benzene rings is 1. The summed E-state index contributed by atoms with van der Waals surface area (Å²) in [6, 6.07) is 11.9. The summed E-state index contributed by atoms with van der Waals surface area (Å²) in [4.78, 5) is 26.3. The molecule has 1 saturated heterocycles. The smallest absolute Gasteiger partial charge is 0.270 e. The van der Waals surface area contributed by atoms with Crippen molar-refractivity contribution in [1.82, 2.24) is 9.47 Å². The Morgan fingerprint density at radius 1 is 1.20 bits per heavy atom. The number of nitrogens with zero attached hydrogens (tertiary/aromatic N) is 2. The molecule has 1 fully saturated rings. The normalized spacial score (nSPS) is 19.6. The predicted molar refractivity (Wildman–Crippen MR) is 100 cm³/mol. The van der Waals surface area contributed by atoms with E-state index >= 15 is 0 Å². The number of ketones is 1. The molecule has 1 aliphatic heterocycles. The fourth-order valence-corrected chi connectivity index (χ4v) is 3.49. The van der Waals surface area contributed by atoms with Gasteiger partial charge in [-0.15, -0.1) is 12.4 Å². The van der Waals surface area contributed by atoms with Gasteiger partial charge < -0.3 is 15.2 Å². The van der Waals surface area contributed by atoms with E-state index in [4.69, 9.17) is 5.73 Å². The van der Waals surface area contributed by atoms with Crippen LogP contribution in [-0.2, 0) is 7.05 Å². The number of Topliss-reactive ketones (excluding diaryl/α,β-unsaturated/α-hetero) is 1. The van der Waals surface area contributed by atoms with Crippen molar-refractivity contribution in [3.8, 4) is 0 Å². The Morgan fingerprint density at radius 2 is 1.88 bits per heavy atom. The Hall–Kier alpha value is -2.11. The third kappa shape index (κ3) is 3.78. The molecule has 1 aliphatic rings. The van der Waals surface area contributed by atoms with Crippen LogP contribution in [0.1, 0.15) is 39.3 Å². The molecular weight excluding hydrogens is 338 g/mol. The Morgan fingerprint density at radius 3 is 2.44 bits per heavy atom. The van der Waals surface area contributed by atoms with Gasteiger partial charge in [-0.1, -0.05) is 30.3 Å². The fraction of sp³-hybridized carbons (Fsp3) is 0.368. The fourth-order valence-electron chi connectivity index (χ4n) is 3.49. The lowest BCUT2D eigenvalue weighted by Crippen LogP contribution is -2.31. The van der Waals surface area contributed by atoms with Crippen LogP contribution in [0.25, 0.3) is 0 Å². The molecule has 5 nitrogen and oxygen atoms in total. The summed E-state index contributed by atoms with van der Waals surface area (Å²) in [5, 5.41) is 0. The first-order chi connectivity index (χ1) is 11.5. The third-order valence-corrected chi connectivity index (χ3v) is 4.89.